The Bertz CT molecular complexity index is 431. The summed E-state index contributed by atoms with van der Waals surface area (Å²) in [5.41, 5.74) is 3.56. The number of rotatable bonds is 10. The molecule has 0 aromatic heterocycles. The van der Waals surface area contributed by atoms with Gasteiger partial charge in [-0.1, -0.05) is 48.1 Å². The summed E-state index contributed by atoms with van der Waals surface area (Å²) in [6, 6.07) is 10.0. The van der Waals surface area contributed by atoms with Crippen LogP contribution in [0.15, 0.2) is 53.6 Å². The molecule has 0 spiro atoms. The molecule has 1 rings (SSSR count). The van der Waals surface area contributed by atoms with E-state index >= 15 is 0 Å². The van der Waals surface area contributed by atoms with E-state index in [9.17, 15) is 0 Å². The van der Waals surface area contributed by atoms with E-state index in [4.69, 9.17) is 14.6 Å². The normalized spacial score (nSPS) is 11.5. The van der Waals surface area contributed by atoms with Gasteiger partial charge in [0.1, 0.15) is 6.79 Å². The first-order valence-corrected chi connectivity index (χ1v) is 7.34. The standard InChI is InChI=1S/C18H26O3/c1-16(2)7-6-10-18(11-12-19)14-21-15-20-13-17-8-4-3-5-9-17/h3-5,7-9,11,19H,6,10,12-15H2,1-2H3. The van der Waals surface area contributed by atoms with E-state index in [0.29, 0.717) is 13.2 Å². The van der Waals surface area contributed by atoms with Gasteiger partial charge in [0.2, 0.25) is 0 Å². The summed E-state index contributed by atoms with van der Waals surface area (Å²) in [7, 11) is 0. The van der Waals surface area contributed by atoms with Crippen LogP contribution in [0.2, 0.25) is 0 Å². The first-order valence-electron chi connectivity index (χ1n) is 7.34. The zero-order valence-corrected chi connectivity index (χ0v) is 13.0. The lowest BCUT2D eigenvalue weighted by Gasteiger charge is -2.09. The van der Waals surface area contributed by atoms with Crippen molar-refractivity contribution in [1.29, 1.82) is 0 Å². The second-order valence-electron chi connectivity index (χ2n) is 5.17. The highest BCUT2D eigenvalue weighted by molar-refractivity contribution is 5.13. The van der Waals surface area contributed by atoms with Crippen LogP contribution in [0.1, 0.15) is 32.3 Å². The Morgan fingerprint density at radius 2 is 1.86 bits per heavy atom. The van der Waals surface area contributed by atoms with Crippen LogP contribution in [-0.2, 0) is 16.1 Å². The largest absolute Gasteiger partial charge is 0.392 e. The van der Waals surface area contributed by atoms with Gasteiger partial charge in [-0.3, -0.25) is 0 Å². The second kappa shape index (κ2) is 11.3. The molecule has 1 aromatic carbocycles. The highest BCUT2D eigenvalue weighted by Crippen LogP contribution is 2.08. The van der Waals surface area contributed by atoms with Crippen LogP contribution in [0, 0.1) is 0 Å². The van der Waals surface area contributed by atoms with Crippen molar-refractivity contribution in [3.8, 4) is 0 Å². The van der Waals surface area contributed by atoms with Crippen LogP contribution in [0.5, 0.6) is 0 Å². The van der Waals surface area contributed by atoms with E-state index in [1.165, 1.54) is 5.57 Å². The minimum atomic E-state index is 0.0540. The molecule has 0 bridgehead atoms. The van der Waals surface area contributed by atoms with Crippen LogP contribution in [0.3, 0.4) is 0 Å². The summed E-state index contributed by atoms with van der Waals surface area (Å²) < 4.78 is 11.0. The van der Waals surface area contributed by atoms with E-state index < -0.39 is 0 Å². The fourth-order valence-electron chi connectivity index (χ4n) is 1.87. The number of hydrogen-bond donors (Lipinski definition) is 1. The van der Waals surface area contributed by atoms with Crippen LogP contribution >= 0.6 is 0 Å². The van der Waals surface area contributed by atoms with E-state index in [1.807, 2.05) is 36.4 Å². The highest BCUT2D eigenvalue weighted by Gasteiger charge is 1.98. The van der Waals surface area contributed by atoms with Crippen molar-refractivity contribution < 1.29 is 14.6 Å². The fourth-order valence-corrected chi connectivity index (χ4v) is 1.87. The molecule has 0 atom stereocenters. The van der Waals surface area contributed by atoms with Gasteiger partial charge in [0.25, 0.3) is 0 Å². The maximum atomic E-state index is 9.02. The lowest BCUT2D eigenvalue weighted by Crippen LogP contribution is -2.04. The topological polar surface area (TPSA) is 38.7 Å². The van der Waals surface area contributed by atoms with Crippen molar-refractivity contribution >= 4 is 0 Å². The summed E-state index contributed by atoms with van der Waals surface area (Å²) in [6.45, 7) is 5.55. The Morgan fingerprint density at radius 1 is 1.10 bits per heavy atom. The Morgan fingerprint density at radius 3 is 2.52 bits per heavy atom. The maximum Gasteiger partial charge on any atom is 0.147 e. The number of ether oxygens (including phenoxy) is 2. The third-order valence-corrected chi connectivity index (χ3v) is 2.96. The SMILES string of the molecule is CC(C)=CCCC(=CCO)COCOCc1ccccc1. The molecule has 3 nitrogen and oxygen atoms in total. The molecule has 0 fully saturated rings. The molecule has 3 heteroatoms. The molecular formula is C18H26O3. The van der Waals surface area contributed by atoms with Crippen molar-refractivity contribution in [3.63, 3.8) is 0 Å². The van der Waals surface area contributed by atoms with Crippen LogP contribution in [0.25, 0.3) is 0 Å². The van der Waals surface area contributed by atoms with Gasteiger partial charge in [-0.05, 0) is 37.8 Å². The molecule has 21 heavy (non-hydrogen) atoms. The molecule has 1 N–H and O–H groups in total. The highest BCUT2D eigenvalue weighted by atomic mass is 16.7. The molecule has 0 saturated heterocycles. The van der Waals surface area contributed by atoms with Gasteiger partial charge in [-0.25, -0.2) is 0 Å². The fraction of sp³-hybridized carbons (Fsp3) is 0.444. The first-order chi connectivity index (χ1) is 10.2. The van der Waals surface area contributed by atoms with Gasteiger partial charge in [0.15, 0.2) is 0 Å². The van der Waals surface area contributed by atoms with Crippen LogP contribution in [-0.4, -0.2) is 25.1 Å². The zero-order chi connectivity index (χ0) is 15.3. The van der Waals surface area contributed by atoms with Crippen molar-refractivity contribution in [3.05, 3.63) is 59.2 Å². The smallest absolute Gasteiger partial charge is 0.147 e. The van der Waals surface area contributed by atoms with E-state index in [2.05, 4.69) is 19.9 Å². The molecule has 0 aliphatic carbocycles. The molecule has 0 aliphatic rings. The minimum Gasteiger partial charge on any atom is -0.392 e. The van der Waals surface area contributed by atoms with Crippen molar-refractivity contribution in [2.24, 2.45) is 0 Å². The molecular weight excluding hydrogens is 264 g/mol. The Hall–Kier alpha value is -1.42. The van der Waals surface area contributed by atoms with Crippen LogP contribution < -0.4 is 0 Å². The molecule has 0 heterocycles. The second-order valence-corrected chi connectivity index (χ2v) is 5.17. The quantitative estimate of drug-likeness (QED) is 0.404. The van der Waals surface area contributed by atoms with Gasteiger partial charge in [-0.2, -0.15) is 0 Å². The van der Waals surface area contributed by atoms with Gasteiger partial charge in [-0.15, -0.1) is 0 Å². The Labute approximate surface area is 127 Å². The van der Waals surface area contributed by atoms with Gasteiger partial charge in [0.05, 0.1) is 19.8 Å². The van der Waals surface area contributed by atoms with Gasteiger partial charge in [0, 0.05) is 0 Å². The minimum absolute atomic E-state index is 0.0540. The number of aliphatic hydroxyl groups is 1. The number of hydrogen-bond acceptors (Lipinski definition) is 3. The lowest BCUT2D eigenvalue weighted by molar-refractivity contribution is -0.0545. The number of allylic oxidation sites excluding steroid dienone is 2. The Kier molecular flexibility index (Phi) is 9.46. The van der Waals surface area contributed by atoms with Crippen molar-refractivity contribution in [2.75, 3.05) is 20.0 Å². The van der Waals surface area contributed by atoms with Crippen molar-refractivity contribution in [1.82, 2.24) is 0 Å². The maximum absolute atomic E-state index is 9.02. The van der Waals surface area contributed by atoms with Gasteiger partial charge >= 0.3 is 0 Å². The molecule has 0 radical (unpaired) electrons. The molecule has 1 aromatic rings. The number of aliphatic hydroxyl groups excluding tert-OH is 1. The van der Waals surface area contributed by atoms with E-state index in [-0.39, 0.29) is 13.4 Å². The zero-order valence-electron chi connectivity index (χ0n) is 13.0. The Balaban J connectivity index is 2.18. The lowest BCUT2D eigenvalue weighted by atomic mass is 10.1. The molecule has 0 unspecified atom stereocenters. The summed E-state index contributed by atoms with van der Waals surface area (Å²) in [6.07, 6.45) is 5.89. The third kappa shape index (κ3) is 9.19. The first kappa shape index (κ1) is 17.6. The molecule has 0 amide bonds. The monoisotopic (exact) mass is 290 g/mol. The average molecular weight is 290 g/mol. The molecule has 0 aliphatic heterocycles. The molecule has 116 valence electrons. The van der Waals surface area contributed by atoms with E-state index in [1.54, 1.807) is 0 Å². The predicted octanol–water partition coefficient (Wildman–Crippen LogP) is 3.84. The summed E-state index contributed by atoms with van der Waals surface area (Å²) in [5, 5.41) is 9.02. The summed E-state index contributed by atoms with van der Waals surface area (Å²) in [4.78, 5) is 0. The van der Waals surface area contributed by atoms with Crippen LogP contribution in [0.4, 0.5) is 0 Å². The van der Waals surface area contributed by atoms with Crippen molar-refractivity contribution in [2.45, 2.75) is 33.3 Å². The third-order valence-electron chi connectivity index (χ3n) is 2.96. The number of benzene rings is 1. The summed E-state index contributed by atoms with van der Waals surface area (Å²) >= 11 is 0. The summed E-state index contributed by atoms with van der Waals surface area (Å²) in [5.74, 6) is 0. The predicted molar refractivity (Wildman–Crippen MR) is 85.9 cm³/mol. The molecule has 0 saturated carbocycles. The van der Waals surface area contributed by atoms with Gasteiger partial charge < -0.3 is 14.6 Å². The average Bonchev–Trinajstić information content (AvgIpc) is 2.47. The van der Waals surface area contributed by atoms with E-state index in [0.717, 1.165) is 24.0 Å².